The van der Waals surface area contributed by atoms with Crippen LogP contribution in [0.25, 0.3) is 0 Å². The van der Waals surface area contributed by atoms with Crippen molar-refractivity contribution in [2.75, 3.05) is 26.7 Å². The molecule has 2 nitrogen and oxygen atoms in total. The van der Waals surface area contributed by atoms with Crippen LogP contribution in [0.15, 0.2) is 12.3 Å². The van der Waals surface area contributed by atoms with Gasteiger partial charge in [0.1, 0.15) is 0 Å². The lowest BCUT2D eigenvalue weighted by Gasteiger charge is -2.38. The average Bonchev–Trinajstić information content (AvgIpc) is 2.26. The van der Waals surface area contributed by atoms with E-state index in [1.807, 2.05) is 0 Å². The van der Waals surface area contributed by atoms with Gasteiger partial charge in [-0.1, -0.05) is 19.9 Å². The molecule has 0 bridgehead atoms. The molecule has 0 amide bonds. The van der Waals surface area contributed by atoms with Crippen LogP contribution in [0.4, 0.5) is 0 Å². The molecule has 2 heteroatoms. The average molecular weight is 210 g/mol. The molecule has 0 aromatic heterocycles. The Hall–Kier alpha value is -0.500. The third-order valence-corrected chi connectivity index (χ3v) is 3.49. The van der Waals surface area contributed by atoms with E-state index in [-0.39, 0.29) is 0 Å². The van der Waals surface area contributed by atoms with E-state index in [1.54, 1.807) is 0 Å². The van der Waals surface area contributed by atoms with E-state index in [9.17, 15) is 0 Å². The maximum absolute atomic E-state index is 4.01. The first-order chi connectivity index (χ1) is 7.15. The molecule has 0 radical (unpaired) electrons. The van der Waals surface area contributed by atoms with E-state index in [0.29, 0.717) is 0 Å². The Morgan fingerprint density at radius 3 is 2.47 bits per heavy atom. The molecule has 1 saturated heterocycles. The summed E-state index contributed by atoms with van der Waals surface area (Å²) < 4.78 is 0. The third-order valence-electron chi connectivity index (χ3n) is 3.49. The summed E-state index contributed by atoms with van der Waals surface area (Å²) >= 11 is 0. The highest BCUT2D eigenvalue weighted by molar-refractivity contribution is 4.92. The molecule has 0 atom stereocenters. The van der Waals surface area contributed by atoms with Crippen molar-refractivity contribution in [3.8, 4) is 0 Å². The number of allylic oxidation sites excluding steroid dienone is 1. The maximum Gasteiger partial charge on any atom is 0.0189 e. The van der Waals surface area contributed by atoms with Gasteiger partial charge in [-0.15, -0.1) is 0 Å². The van der Waals surface area contributed by atoms with Gasteiger partial charge in [-0.2, -0.15) is 0 Å². The first-order valence-electron chi connectivity index (χ1n) is 6.25. The van der Waals surface area contributed by atoms with Crippen molar-refractivity contribution < 1.29 is 0 Å². The van der Waals surface area contributed by atoms with Crippen LogP contribution >= 0.6 is 0 Å². The van der Waals surface area contributed by atoms with E-state index < -0.39 is 0 Å². The van der Waals surface area contributed by atoms with Crippen molar-refractivity contribution in [1.82, 2.24) is 9.80 Å². The second kappa shape index (κ2) is 6.16. The van der Waals surface area contributed by atoms with E-state index in [2.05, 4.69) is 37.3 Å². The van der Waals surface area contributed by atoms with Crippen molar-refractivity contribution >= 4 is 0 Å². The monoisotopic (exact) mass is 210 g/mol. The molecule has 1 aliphatic heterocycles. The number of piperidine rings is 1. The van der Waals surface area contributed by atoms with Crippen molar-refractivity contribution in [3.05, 3.63) is 12.3 Å². The highest BCUT2D eigenvalue weighted by Gasteiger charge is 2.21. The topological polar surface area (TPSA) is 6.48 Å². The Morgan fingerprint density at radius 2 is 2.00 bits per heavy atom. The molecule has 0 aromatic carbocycles. The highest BCUT2D eigenvalue weighted by Crippen LogP contribution is 2.18. The van der Waals surface area contributed by atoms with Crippen LogP contribution in [0.5, 0.6) is 0 Å². The molecule has 0 spiro atoms. The van der Waals surface area contributed by atoms with Gasteiger partial charge in [-0.3, -0.25) is 0 Å². The van der Waals surface area contributed by atoms with Gasteiger partial charge in [0, 0.05) is 24.8 Å². The fourth-order valence-corrected chi connectivity index (χ4v) is 2.28. The van der Waals surface area contributed by atoms with Crippen LogP contribution in [0.2, 0.25) is 0 Å². The van der Waals surface area contributed by atoms with Crippen molar-refractivity contribution in [3.63, 3.8) is 0 Å². The Kier molecular flexibility index (Phi) is 5.16. The molecular weight excluding hydrogens is 184 g/mol. The van der Waals surface area contributed by atoms with E-state index in [1.165, 1.54) is 51.0 Å². The molecule has 88 valence electrons. The van der Waals surface area contributed by atoms with Gasteiger partial charge in [0.15, 0.2) is 0 Å². The van der Waals surface area contributed by atoms with Gasteiger partial charge in [-0.05, 0) is 39.8 Å². The summed E-state index contributed by atoms with van der Waals surface area (Å²) in [7, 11) is 2.27. The lowest BCUT2D eigenvalue weighted by molar-refractivity contribution is 0.147. The Bertz CT molecular complexity index is 193. The van der Waals surface area contributed by atoms with Gasteiger partial charge < -0.3 is 9.80 Å². The van der Waals surface area contributed by atoms with Gasteiger partial charge in [-0.25, -0.2) is 0 Å². The molecule has 0 N–H and O–H groups in total. The number of hydrogen-bond acceptors (Lipinski definition) is 2. The molecule has 1 rings (SSSR count). The zero-order valence-corrected chi connectivity index (χ0v) is 10.6. The predicted octanol–water partition coefficient (Wildman–Crippen LogP) is 2.72. The predicted molar refractivity (Wildman–Crippen MR) is 66.9 cm³/mol. The Balaban J connectivity index is 2.27. The quantitative estimate of drug-likeness (QED) is 0.688. The zero-order chi connectivity index (χ0) is 11.3. The Morgan fingerprint density at radius 1 is 1.40 bits per heavy atom. The third kappa shape index (κ3) is 3.86. The minimum Gasteiger partial charge on any atom is -0.375 e. The molecule has 0 unspecified atom stereocenters. The minimum absolute atomic E-state index is 0.798. The van der Waals surface area contributed by atoms with Crippen LogP contribution in [0.3, 0.4) is 0 Å². The van der Waals surface area contributed by atoms with E-state index in [0.717, 1.165) is 6.04 Å². The van der Waals surface area contributed by atoms with Gasteiger partial charge in [0.25, 0.3) is 0 Å². The molecule has 1 heterocycles. The second-order valence-corrected chi connectivity index (χ2v) is 4.79. The van der Waals surface area contributed by atoms with Crippen molar-refractivity contribution in [1.29, 1.82) is 0 Å². The van der Waals surface area contributed by atoms with Gasteiger partial charge in [0.05, 0.1) is 0 Å². The zero-order valence-electron chi connectivity index (χ0n) is 10.6. The highest BCUT2D eigenvalue weighted by atomic mass is 15.2. The van der Waals surface area contributed by atoms with Crippen LogP contribution in [0, 0.1) is 0 Å². The molecule has 15 heavy (non-hydrogen) atoms. The number of likely N-dealkylation sites (tertiary alicyclic amines) is 1. The van der Waals surface area contributed by atoms with Gasteiger partial charge in [0.2, 0.25) is 0 Å². The normalized spacial score (nSPS) is 18.5. The summed E-state index contributed by atoms with van der Waals surface area (Å²) in [6.45, 7) is 12.0. The van der Waals surface area contributed by atoms with Crippen molar-refractivity contribution in [2.24, 2.45) is 0 Å². The maximum atomic E-state index is 4.01. The second-order valence-electron chi connectivity index (χ2n) is 4.79. The molecular formula is C13H26N2. The number of rotatable bonds is 5. The summed E-state index contributed by atoms with van der Waals surface area (Å²) in [6, 6.07) is 0.798. The lowest BCUT2D eigenvalue weighted by Crippen LogP contribution is -2.42. The Labute approximate surface area is 94.9 Å². The van der Waals surface area contributed by atoms with Crippen molar-refractivity contribution in [2.45, 2.75) is 45.6 Å². The van der Waals surface area contributed by atoms with Crippen LogP contribution in [-0.2, 0) is 0 Å². The minimum atomic E-state index is 0.798. The first-order valence-corrected chi connectivity index (χ1v) is 6.25. The standard InChI is InChI=1S/C13H26N2/c1-5-6-9-14(4)13-7-10-15(11-8-13)12(2)3/h13H,2,5-11H2,1,3-4H3. The SMILES string of the molecule is C=C(C)N1CCC(N(C)CCCC)CC1. The van der Waals surface area contributed by atoms with Crippen LogP contribution < -0.4 is 0 Å². The summed E-state index contributed by atoms with van der Waals surface area (Å²) in [5.41, 5.74) is 1.23. The summed E-state index contributed by atoms with van der Waals surface area (Å²) in [4.78, 5) is 4.95. The fraction of sp³-hybridized carbons (Fsp3) is 0.846. The molecule has 1 aliphatic rings. The summed E-state index contributed by atoms with van der Waals surface area (Å²) in [5.74, 6) is 0. The molecule has 1 fully saturated rings. The smallest absolute Gasteiger partial charge is 0.0189 e. The van der Waals surface area contributed by atoms with Crippen LogP contribution in [0.1, 0.15) is 39.5 Å². The number of nitrogens with zero attached hydrogens (tertiary/aromatic N) is 2. The largest absolute Gasteiger partial charge is 0.375 e. The summed E-state index contributed by atoms with van der Waals surface area (Å²) in [5, 5.41) is 0. The van der Waals surface area contributed by atoms with Gasteiger partial charge >= 0.3 is 0 Å². The van der Waals surface area contributed by atoms with E-state index >= 15 is 0 Å². The van der Waals surface area contributed by atoms with Crippen LogP contribution in [-0.4, -0.2) is 42.5 Å². The molecule has 0 aliphatic carbocycles. The lowest BCUT2D eigenvalue weighted by atomic mass is 10.0. The fourth-order valence-electron chi connectivity index (χ4n) is 2.28. The number of hydrogen-bond donors (Lipinski definition) is 0. The number of unbranched alkanes of at least 4 members (excludes halogenated alkanes) is 1. The first kappa shape index (κ1) is 12.6. The summed E-state index contributed by atoms with van der Waals surface area (Å²) in [6.07, 6.45) is 5.23. The molecule has 0 saturated carbocycles. The molecule has 0 aromatic rings. The van der Waals surface area contributed by atoms with E-state index in [4.69, 9.17) is 0 Å².